The van der Waals surface area contributed by atoms with Crippen LogP contribution in [-0.2, 0) is 26.4 Å². The van der Waals surface area contributed by atoms with Crippen molar-refractivity contribution < 1.29 is 22.5 Å². The van der Waals surface area contributed by atoms with Crippen LogP contribution in [0.4, 0.5) is 0 Å². The number of oxazole rings is 2. The second-order valence-electron chi connectivity index (χ2n) is 24.0. The van der Waals surface area contributed by atoms with E-state index in [9.17, 15) is 0 Å². The Hall–Kier alpha value is -5.06. The minimum Gasteiger partial charge on any atom is -0.479 e. The first-order valence-corrected chi connectivity index (χ1v) is 23.8. The predicted octanol–water partition coefficient (Wildman–Crippen LogP) is 15.4. The molecule has 3 aliphatic heterocycles. The maximum Gasteiger partial charge on any atom is 0.200 e. The zero-order chi connectivity index (χ0) is 50.9. The van der Waals surface area contributed by atoms with Crippen LogP contribution < -0.4 is 0 Å². The van der Waals surface area contributed by atoms with Gasteiger partial charge in [0.25, 0.3) is 0 Å². The molecular formula is C56H88N6O5. The smallest absolute Gasteiger partial charge is 0.200 e. The summed E-state index contributed by atoms with van der Waals surface area (Å²) in [5.41, 5.74) is 5.40. The summed E-state index contributed by atoms with van der Waals surface area (Å²) >= 11 is 0. The van der Waals surface area contributed by atoms with Gasteiger partial charge in [0.2, 0.25) is 5.89 Å². The van der Waals surface area contributed by atoms with Crippen LogP contribution in [0, 0.1) is 16.2 Å². The molecule has 1 aromatic carbocycles. The number of hydrogen-bond acceptors (Lipinski definition) is 11. The highest BCUT2D eigenvalue weighted by molar-refractivity contribution is 6.00. The third-order valence-corrected chi connectivity index (χ3v) is 9.83. The van der Waals surface area contributed by atoms with Gasteiger partial charge in [-0.25, -0.2) is 9.97 Å². The second-order valence-corrected chi connectivity index (χ2v) is 24.0. The number of furan rings is 1. The van der Waals surface area contributed by atoms with E-state index in [0.717, 1.165) is 66.5 Å². The van der Waals surface area contributed by atoms with Gasteiger partial charge >= 0.3 is 0 Å². The summed E-state index contributed by atoms with van der Waals surface area (Å²) in [6.45, 7) is 48.3. The number of aromatic nitrogens is 3. The van der Waals surface area contributed by atoms with Crippen molar-refractivity contribution in [3.63, 3.8) is 0 Å². The zero-order valence-corrected chi connectivity index (χ0v) is 45.5. The Balaban J connectivity index is 0.000000270. The number of nitrogens with zero attached hydrogens (tertiary/aromatic N) is 6. The van der Waals surface area contributed by atoms with Crippen LogP contribution >= 0.6 is 0 Å². The lowest BCUT2D eigenvalue weighted by Crippen LogP contribution is -2.20. The predicted molar refractivity (Wildman–Crippen MR) is 280 cm³/mol. The van der Waals surface area contributed by atoms with Gasteiger partial charge in [-0.05, 0) is 48.6 Å². The van der Waals surface area contributed by atoms with Gasteiger partial charge in [0.1, 0.15) is 29.9 Å². The lowest BCUT2D eigenvalue weighted by molar-refractivity contribution is 0.302. The van der Waals surface area contributed by atoms with E-state index < -0.39 is 0 Å². The molecule has 67 heavy (non-hydrogen) atoms. The van der Waals surface area contributed by atoms with Crippen molar-refractivity contribution in [1.82, 2.24) is 15.1 Å². The molecule has 0 unspecified atom stereocenters. The van der Waals surface area contributed by atoms with E-state index in [0.29, 0.717) is 5.41 Å². The molecule has 0 atom stereocenters. The number of benzene rings is 1. The lowest BCUT2D eigenvalue weighted by Gasteiger charge is -2.17. The summed E-state index contributed by atoms with van der Waals surface area (Å²) < 4.78 is 26.1. The lowest BCUT2D eigenvalue weighted by atomic mass is 9.88. The van der Waals surface area contributed by atoms with Crippen LogP contribution in [0.15, 0.2) is 112 Å². The van der Waals surface area contributed by atoms with Gasteiger partial charge in [-0.3, -0.25) is 15.0 Å². The minimum atomic E-state index is -0.0149. The topological polar surface area (TPSA) is 138 Å². The van der Waals surface area contributed by atoms with Gasteiger partial charge in [-0.1, -0.05) is 169 Å². The van der Waals surface area contributed by atoms with Crippen LogP contribution in [0.3, 0.4) is 0 Å². The summed E-state index contributed by atoms with van der Waals surface area (Å²) in [7, 11) is 0. The van der Waals surface area contributed by atoms with Crippen LogP contribution in [0.2, 0.25) is 0 Å². The summed E-state index contributed by atoms with van der Waals surface area (Å²) in [6, 6.07) is 13.6. The fourth-order valence-corrected chi connectivity index (χ4v) is 5.89. The van der Waals surface area contributed by atoms with E-state index in [4.69, 9.17) is 22.5 Å². The Labute approximate surface area is 404 Å². The van der Waals surface area contributed by atoms with Gasteiger partial charge < -0.3 is 22.5 Å². The van der Waals surface area contributed by atoms with Crippen LogP contribution in [0.25, 0.3) is 11.1 Å². The molecule has 7 heterocycles. The maximum atomic E-state index is 5.62. The molecule has 11 nitrogen and oxygen atoms in total. The highest BCUT2D eigenvalue weighted by Crippen LogP contribution is 2.27. The van der Waals surface area contributed by atoms with Crippen molar-refractivity contribution in [3.05, 3.63) is 103 Å². The Morgan fingerprint density at radius 1 is 0.522 bits per heavy atom. The van der Waals surface area contributed by atoms with Crippen molar-refractivity contribution in [3.8, 4) is 0 Å². The first kappa shape index (κ1) is 58.1. The summed E-state index contributed by atoms with van der Waals surface area (Å²) in [5.74, 6) is 4.48. The SMILES string of the molecule is CC(C)(C)C1=NCC=C1.CC(C)(C)C1=NCCC1.CC(C)(C)C1=NCCO1.CC(C)(C)c1ccco1.CC(C)(C)c1ccno1.CC(C)(C)c1nc2ccccc2o1.CC(C)(C)c1ncco1. The molecule has 0 fully saturated rings. The second kappa shape index (κ2) is 24.8. The van der Waals surface area contributed by atoms with E-state index in [1.165, 1.54) is 24.3 Å². The molecule has 0 amide bonds. The van der Waals surface area contributed by atoms with E-state index >= 15 is 0 Å². The molecular weight excluding hydrogens is 837 g/mol. The standard InChI is InChI=1S/C11H13NO.C8H15N.C8H13N.C8H12O.C7H13NO.2C7H11NO/c1-11(2,3)10-12-8-6-4-5-7-9(8)13-10;3*1-8(2,3)7-5-4-6-9-7;2*1-7(2,3)6-8-4-5-9-6;1-7(2,3)6-4-5-8-9-6/h4-7H,1-3H3;4-6H2,1-3H3;4-5H,6H2,1-3H3;4-6H,1-3H3;4-5H2,1-3H3;2*4-5H,1-3H3. The Bertz CT molecular complexity index is 2070. The zero-order valence-electron chi connectivity index (χ0n) is 45.5. The Morgan fingerprint density at radius 3 is 1.46 bits per heavy atom. The largest absolute Gasteiger partial charge is 0.479 e. The van der Waals surface area contributed by atoms with Crippen molar-refractivity contribution in [2.45, 2.75) is 180 Å². The number of ether oxygens (including phenoxy) is 1. The van der Waals surface area contributed by atoms with Gasteiger partial charge in [0.15, 0.2) is 17.4 Å². The van der Waals surface area contributed by atoms with Crippen molar-refractivity contribution in [1.29, 1.82) is 0 Å². The highest BCUT2D eigenvalue weighted by Gasteiger charge is 2.24. The van der Waals surface area contributed by atoms with Crippen molar-refractivity contribution >= 4 is 28.4 Å². The van der Waals surface area contributed by atoms with E-state index in [-0.39, 0.29) is 32.5 Å². The van der Waals surface area contributed by atoms with Crippen LogP contribution in [-0.4, -0.2) is 58.7 Å². The van der Waals surface area contributed by atoms with Gasteiger partial charge in [-0.15, -0.1) is 0 Å². The molecule has 0 radical (unpaired) electrons. The molecule has 5 aromatic rings. The number of rotatable bonds is 0. The van der Waals surface area contributed by atoms with Gasteiger partial charge in [0.05, 0.1) is 31.7 Å². The van der Waals surface area contributed by atoms with Crippen LogP contribution in [0.5, 0.6) is 0 Å². The quantitative estimate of drug-likeness (QED) is 0.150. The average Bonchev–Trinajstić information content (AvgIpc) is 4.08. The third-order valence-electron chi connectivity index (χ3n) is 9.83. The third kappa shape index (κ3) is 22.1. The fourth-order valence-electron chi connectivity index (χ4n) is 5.89. The molecule has 0 N–H and O–H groups in total. The molecule has 0 spiro atoms. The number of fused-ring (bicyclic) bond motifs is 1. The van der Waals surface area contributed by atoms with E-state index in [1.807, 2.05) is 42.5 Å². The number of aliphatic imine (C=N–C) groups is 3. The van der Waals surface area contributed by atoms with Gasteiger partial charge in [-0.2, -0.15) is 0 Å². The average molecular weight is 925 g/mol. The van der Waals surface area contributed by atoms with Crippen molar-refractivity contribution in [2.24, 2.45) is 31.2 Å². The number of allylic oxidation sites excluding steroid dienone is 1. The first-order chi connectivity index (χ1) is 30.7. The molecule has 372 valence electrons. The minimum absolute atomic E-state index is 0.0149. The molecule has 3 aliphatic rings. The molecule has 0 saturated heterocycles. The number of hydrogen-bond donors (Lipinski definition) is 0. The fraction of sp³-hybridized carbons (Fsp3) is 0.607. The number of para-hydroxylation sites is 2. The molecule has 0 saturated carbocycles. The normalized spacial score (nSPS) is 14.9. The van der Waals surface area contributed by atoms with Crippen LogP contribution in [0.1, 0.15) is 182 Å². The summed E-state index contributed by atoms with van der Waals surface area (Å²) in [4.78, 5) is 21.4. The monoisotopic (exact) mass is 925 g/mol. The molecule has 4 aromatic heterocycles. The Morgan fingerprint density at radius 2 is 1.16 bits per heavy atom. The van der Waals surface area contributed by atoms with Crippen molar-refractivity contribution in [2.75, 3.05) is 26.2 Å². The summed E-state index contributed by atoms with van der Waals surface area (Å²) in [5, 5.41) is 3.61. The Kier molecular flexibility index (Phi) is 21.5. The molecule has 0 bridgehead atoms. The highest BCUT2D eigenvalue weighted by atomic mass is 16.5. The summed E-state index contributed by atoms with van der Waals surface area (Å²) in [6.07, 6.45) is 13.3. The van der Waals surface area contributed by atoms with E-state index in [2.05, 4.69) is 188 Å². The maximum absolute atomic E-state index is 5.62. The van der Waals surface area contributed by atoms with Gasteiger partial charge in [0, 0.05) is 56.5 Å². The molecule has 8 rings (SSSR count). The first-order valence-electron chi connectivity index (χ1n) is 23.8. The molecule has 0 aliphatic carbocycles. The van der Waals surface area contributed by atoms with E-state index in [1.54, 1.807) is 24.9 Å². The molecule has 11 heteroatoms.